The number of amides is 1. The van der Waals surface area contributed by atoms with Crippen molar-refractivity contribution in [2.45, 2.75) is 31.2 Å². The van der Waals surface area contributed by atoms with Crippen molar-refractivity contribution in [3.8, 4) is 11.4 Å². The van der Waals surface area contributed by atoms with Gasteiger partial charge in [-0.2, -0.15) is 0 Å². The van der Waals surface area contributed by atoms with Gasteiger partial charge in [-0.3, -0.25) is 4.79 Å². The summed E-state index contributed by atoms with van der Waals surface area (Å²) in [6.45, 7) is 6.55. The molecule has 0 aliphatic rings. The standard InChI is InChI=1S/C16H21FN4OS/c1-10(2)9-18-15(22)11(3)23-16-20-19-14(21(16)4)12-7-5-6-8-13(12)17/h5-8,10-11H,9H2,1-4H3,(H,18,22)/t11-/m1/s1. The second-order valence-electron chi connectivity index (χ2n) is 5.74. The van der Waals surface area contributed by atoms with E-state index in [4.69, 9.17) is 0 Å². The fraction of sp³-hybridized carbons (Fsp3) is 0.438. The molecule has 0 bridgehead atoms. The predicted octanol–water partition coefficient (Wildman–Crippen LogP) is 2.87. The molecule has 1 N–H and O–H groups in total. The number of halogens is 1. The zero-order chi connectivity index (χ0) is 17.0. The number of carbonyl (C=O) groups is 1. The van der Waals surface area contributed by atoms with Crippen molar-refractivity contribution >= 4 is 17.7 Å². The highest BCUT2D eigenvalue weighted by molar-refractivity contribution is 8.00. The highest BCUT2D eigenvalue weighted by Gasteiger charge is 2.20. The number of thioether (sulfide) groups is 1. The van der Waals surface area contributed by atoms with Gasteiger partial charge in [0.15, 0.2) is 11.0 Å². The van der Waals surface area contributed by atoms with Gasteiger partial charge in [0, 0.05) is 13.6 Å². The van der Waals surface area contributed by atoms with E-state index in [0.717, 1.165) is 0 Å². The van der Waals surface area contributed by atoms with Gasteiger partial charge in [0.1, 0.15) is 5.82 Å². The summed E-state index contributed by atoms with van der Waals surface area (Å²) in [7, 11) is 1.77. The Morgan fingerprint density at radius 2 is 2.00 bits per heavy atom. The first-order valence-corrected chi connectivity index (χ1v) is 8.36. The van der Waals surface area contributed by atoms with E-state index in [9.17, 15) is 9.18 Å². The van der Waals surface area contributed by atoms with Gasteiger partial charge >= 0.3 is 0 Å². The molecule has 1 atom stereocenters. The first kappa shape index (κ1) is 17.5. The van der Waals surface area contributed by atoms with Crippen molar-refractivity contribution in [3.63, 3.8) is 0 Å². The van der Waals surface area contributed by atoms with E-state index < -0.39 is 0 Å². The fourth-order valence-electron chi connectivity index (χ4n) is 1.95. The van der Waals surface area contributed by atoms with Crippen molar-refractivity contribution in [2.24, 2.45) is 13.0 Å². The molecule has 0 spiro atoms. The molecule has 0 fully saturated rings. The average molecular weight is 336 g/mol. The first-order valence-electron chi connectivity index (χ1n) is 7.48. The molecule has 7 heteroatoms. The Morgan fingerprint density at radius 1 is 1.30 bits per heavy atom. The van der Waals surface area contributed by atoms with Gasteiger partial charge in [-0.1, -0.05) is 37.7 Å². The molecule has 0 aliphatic carbocycles. The van der Waals surface area contributed by atoms with Gasteiger partial charge in [-0.05, 0) is 25.0 Å². The molecule has 2 rings (SSSR count). The van der Waals surface area contributed by atoms with Crippen LogP contribution in [0.15, 0.2) is 29.4 Å². The molecule has 1 heterocycles. The first-order chi connectivity index (χ1) is 10.9. The summed E-state index contributed by atoms with van der Waals surface area (Å²) in [6, 6.07) is 6.43. The minimum Gasteiger partial charge on any atom is -0.355 e. The van der Waals surface area contributed by atoms with Gasteiger partial charge in [0.2, 0.25) is 5.91 Å². The summed E-state index contributed by atoms with van der Waals surface area (Å²) in [6.07, 6.45) is 0. The van der Waals surface area contributed by atoms with Crippen molar-refractivity contribution < 1.29 is 9.18 Å². The number of aromatic nitrogens is 3. The quantitative estimate of drug-likeness (QED) is 0.824. The topological polar surface area (TPSA) is 59.8 Å². The molecule has 23 heavy (non-hydrogen) atoms. The van der Waals surface area contributed by atoms with Gasteiger partial charge in [-0.15, -0.1) is 10.2 Å². The van der Waals surface area contributed by atoms with Crippen molar-refractivity contribution in [1.82, 2.24) is 20.1 Å². The third-order valence-corrected chi connectivity index (χ3v) is 4.42. The lowest BCUT2D eigenvalue weighted by Crippen LogP contribution is -2.33. The van der Waals surface area contributed by atoms with Crippen LogP contribution in [0.3, 0.4) is 0 Å². The van der Waals surface area contributed by atoms with Crippen LogP contribution in [0.5, 0.6) is 0 Å². The van der Waals surface area contributed by atoms with Crippen LogP contribution in [0.4, 0.5) is 4.39 Å². The number of benzene rings is 1. The average Bonchev–Trinajstić information content (AvgIpc) is 2.86. The number of hydrogen-bond acceptors (Lipinski definition) is 4. The largest absolute Gasteiger partial charge is 0.355 e. The minimum absolute atomic E-state index is 0.0425. The van der Waals surface area contributed by atoms with Crippen LogP contribution in [0.1, 0.15) is 20.8 Å². The lowest BCUT2D eigenvalue weighted by atomic mass is 10.2. The molecule has 0 saturated heterocycles. The maximum atomic E-state index is 13.9. The molecule has 2 aromatic rings. The zero-order valence-electron chi connectivity index (χ0n) is 13.7. The number of rotatable bonds is 6. The van der Waals surface area contributed by atoms with Crippen LogP contribution in [0, 0.1) is 11.7 Å². The molecule has 1 aromatic heterocycles. The summed E-state index contributed by atoms with van der Waals surface area (Å²) < 4.78 is 15.6. The van der Waals surface area contributed by atoms with E-state index >= 15 is 0 Å². The molecule has 0 radical (unpaired) electrons. The van der Waals surface area contributed by atoms with Crippen LogP contribution < -0.4 is 5.32 Å². The summed E-state index contributed by atoms with van der Waals surface area (Å²) in [4.78, 5) is 12.0. The lowest BCUT2D eigenvalue weighted by molar-refractivity contribution is -0.120. The van der Waals surface area contributed by atoms with Crippen molar-refractivity contribution in [2.75, 3.05) is 6.54 Å². The summed E-state index contributed by atoms with van der Waals surface area (Å²) in [5.41, 5.74) is 0.395. The lowest BCUT2D eigenvalue weighted by Gasteiger charge is -2.13. The summed E-state index contributed by atoms with van der Waals surface area (Å²) in [5, 5.41) is 11.3. The summed E-state index contributed by atoms with van der Waals surface area (Å²) in [5.74, 6) is 0.459. The zero-order valence-corrected chi connectivity index (χ0v) is 14.5. The Hall–Kier alpha value is -1.89. The van der Waals surface area contributed by atoms with Crippen LogP contribution in [0.25, 0.3) is 11.4 Å². The van der Waals surface area contributed by atoms with E-state index in [1.165, 1.54) is 17.8 Å². The van der Waals surface area contributed by atoms with E-state index in [0.29, 0.717) is 29.0 Å². The van der Waals surface area contributed by atoms with Crippen LogP contribution >= 0.6 is 11.8 Å². The number of hydrogen-bond donors (Lipinski definition) is 1. The van der Waals surface area contributed by atoms with Crippen LogP contribution in [0.2, 0.25) is 0 Å². The number of carbonyl (C=O) groups excluding carboxylic acids is 1. The van der Waals surface area contributed by atoms with Gasteiger partial charge in [0.05, 0.1) is 10.8 Å². The minimum atomic E-state index is -0.345. The van der Waals surface area contributed by atoms with E-state index in [-0.39, 0.29) is 17.0 Å². The molecule has 0 aliphatic heterocycles. The maximum Gasteiger partial charge on any atom is 0.233 e. The second-order valence-corrected chi connectivity index (χ2v) is 7.05. The maximum absolute atomic E-state index is 13.9. The molecule has 1 amide bonds. The molecular weight excluding hydrogens is 315 g/mol. The Balaban J connectivity index is 2.11. The molecule has 5 nitrogen and oxygen atoms in total. The Labute approximate surface area is 139 Å². The predicted molar refractivity (Wildman–Crippen MR) is 89.6 cm³/mol. The fourth-order valence-corrected chi connectivity index (χ4v) is 2.79. The number of nitrogens with one attached hydrogen (secondary N) is 1. The smallest absolute Gasteiger partial charge is 0.233 e. The van der Waals surface area contributed by atoms with Crippen LogP contribution in [-0.4, -0.2) is 32.5 Å². The third-order valence-electron chi connectivity index (χ3n) is 3.29. The van der Waals surface area contributed by atoms with Crippen LogP contribution in [-0.2, 0) is 11.8 Å². The van der Waals surface area contributed by atoms with Gasteiger partial charge in [-0.25, -0.2) is 4.39 Å². The molecule has 124 valence electrons. The Bertz CT molecular complexity index is 686. The van der Waals surface area contributed by atoms with Crippen molar-refractivity contribution in [3.05, 3.63) is 30.1 Å². The molecule has 0 unspecified atom stereocenters. The Kier molecular flexibility index (Phi) is 5.76. The van der Waals surface area contributed by atoms with E-state index in [1.807, 2.05) is 20.8 Å². The molecule has 0 saturated carbocycles. The van der Waals surface area contributed by atoms with Crippen molar-refractivity contribution in [1.29, 1.82) is 0 Å². The monoisotopic (exact) mass is 336 g/mol. The Morgan fingerprint density at radius 3 is 2.65 bits per heavy atom. The second kappa shape index (κ2) is 7.59. The molecular formula is C16H21FN4OS. The summed E-state index contributed by atoms with van der Waals surface area (Å²) >= 11 is 1.31. The van der Waals surface area contributed by atoms with E-state index in [1.54, 1.807) is 29.8 Å². The molecule has 1 aromatic carbocycles. The normalized spacial score (nSPS) is 12.4. The van der Waals surface area contributed by atoms with Gasteiger partial charge in [0.25, 0.3) is 0 Å². The number of nitrogens with zero attached hydrogens (tertiary/aromatic N) is 3. The highest BCUT2D eigenvalue weighted by atomic mass is 32.2. The third kappa shape index (κ3) is 4.31. The van der Waals surface area contributed by atoms with E-state index in [2.05, 4.69) is 15.5 Å². The SMILES string of the molecule is CC(C)CNC(=O)[C@@H](C)Sc1nnc(-c2ccccc2F)n1C. The highest BCUT2D eigenvalue weighted by Crippen LogP contribution is 2.26. The van der Waals surface area contributed by atoms with Gasteiger partial charge < -0.3 is 9.88 Å².